The van der Waals surface area contributed by atoms with Gasteiger partial charge in [-0.3, -0.25) is 4.79 Å². The van der Waals surface area contributed by atoms with Gasteiger partial charge in [-0.1, -0.05) is 0 Å². The Balaban J connectivity index is 2.43. The quantitative estimate of drug-likeness (QED) is 0.772. The van der Waals surface area contributed by atoms with Gasteiger partial charge >= 0.3 is 0 Å². The minimum Gasteiger partial charge on any atom is -0.332 e. The summed E-state index contributed by atoms with van der Waals surface area (Å²) in [6, 6.07) is 3.65. The Labute approximate surface area is 110 Å². The fourth-order valence-corrected chi connectivity index (χ4v) is 1.88. The largest absolute Gasteiger partial charge is 0.332 e. The molecule has 96 valence electrons. The number of nitrogens with zero attached hydrogens (tertiary/aromatic N) is 5. The van der Waals surface area contributed by atoms with Crippen molar-refractivity contribution in [3.05, 3.63) is 41.5 Å². The molecule has 2 aromatic heterocycles. The van der Waals surface area contributed by atoms with Gasteiger partial charge in [-0.2, -0.15) is 5.26 Å². The Bertz CT molecular complexity index is 648. The maximum absolute atomic E-state index is 12.3. The molecular weight excluding hydrogens is 242 g/mol. The summed E-state index contributed by atoms with van der Waals surface area (Å²) < 4.78 is 1.59. The third kappa shape index (κ3) is 2.50. The van der Waals surface area contributed by atoms with E-state index in [0.29, 0.717) is 11.5 Å². The first-order valence-electron chi connectivity index (χ1n) is 5.76. The minimum atomic E-state index is -0.957. The maximum atomic E-state index is 12.3. The Kier molecular flexibility index (Phi) is 3.38. The van der Waals surface area contributed by atoms with E-state index in [1.165, 1.54) is 6.20 Å². The zero-order valence-electron chi connectivity index (χ0n) is 11.0. The lowest BCUT2D eigenvalue weighted by molar-refractivity contribution is 0.0964. The highest BCUT2D eigenvalue weighted by Gasteiger charge is 2.26. The smallest absolute Gasteiger partial charge is 0.221 e. The summed E-state index contributed by atoms with van der Waals surface area (Å²) >= 11 is 0. The molecule has 6 nitrogen and oxygen atoms in total. The maximum Gasteiger partial charge on any atom is 0.221 e. The predicted molar refractivity (Wildman–Crippen MR) is 67.4 cm³/mol. The molecule has 0 aromatic carbocycles. The molecule has 0 aliphatic carbocycles. The van der Waals surface area contributed by atoms with Crippen LogP contribution < -0.4 is 0 Å². The van der Waals surface area contributed by atoms with Gasteiger partial charge in [-0.05, 0) is 19.9 Å². The van der Waals surface area contributed by atoms with Crippen LogP contribution in [0.4, 0.5) is 0 Å². The second-order valence-electron chi connectivity index (χ2n) is 4.27. The third-order valence-electron chi connectivity index (χ3n) is 2.71. The number of ketones is 1. The summed E-state index contributed by atoms with van der Waals surface area (Å²) in [6.45, 7) is 3.54. The number of aryl methyl sites for hydroxylation is 3. The van der Waals surface area contributed by atoms with E-state index in [0.717, 1.165) is 5.69 Å². The molecule has 0 fully saturated rings. The molecule has 0 bridgehead atoms. The third-order valence-corrected chi connectivity index (χ3v) is 2.71. The number of hydrogen-bond acceptors (Lipinski definition) is 5. The second kappa shape index (κ2) is 4.98. The molecular formula is C13H13N5O. The van der Waals surface area contributed by atoms with Gasteiger partial charge in [0, 0.05) is 25.1 Å². The molecule has 0 aliphatic rings. The molecule has 0 N–H and O–H groups in total. The molecule has 0 saturated carbocycles. The molecule has 0 aliphatic heterocycles. The summed E-state index contributed by atoms with van der Waals surface area (Å²) in [6.07, 6.45) is 3.19. The molecule has 2 rings (SSSR count). The van der Waals surface area contributed by atoms with Crippen molar-refractivity contribution in [3.63, 3.8) is 0 Å². The van der Waals surface area contributed by atoms with Crippen molar-refractivity contribution in [2.45, 2.75) is 19.8 Å². The van der Waals surface area contributed by atoms with Crippen LogP contribution in [0.5, 0.6) is 0 Å². The van der Waals surface area contributed by atoms with Crippen LogP contribution in [0, 0.1) is 25.2 Å². The number of rotatable bonds is 3. The van der Waals surface area contributed by atoms with Crippen LogP contribution in [0.3, 0.4) is 0 Å². The molecule has 1 atom stereocenters. The van der Waals surface area contributed by atoms with E-state index in [1.807, 2.05) is 6.07 Å². The first kappa shape index (κ1) is 12.9. The van der Waals surface area contributed by atoms with Gasteiger partial charge in [0.2, 0.25) is 5.78 Å². The highest BCUT2D eigenvalue weighted by atomic mass is 16.1. The topological polar surface area (TPSA) is 84.5 Å². The normalized spacial score (nSPS) is 11.9. The molecule has 0 spiro atoms. The molecule has 0 unspecified atom stereocenters. The van der Waals surface area contributed by atoms with E-state index >= 15 is 0 Å². The first-order chi connectivity index (χ1) is 9.02. The highest BCUT2D eigenvalue weighted by molar-refractivity contribution is 5.99. The zero-order chi connectivity index (χ0) is 14.0. The highest BCUT2D eigenvalue weighted by Crippen LogP contribution is 2.18. The van der Waals surface area contributed by atoms with Crippen molar-refractivity contribution >= 4 is 5.78 Å². The van der Waals surface area contributed by atoms with Gasteiger partial charge < -0.3 is 4.57 Å². The van der Waals surface area contributed by atoms with Crippen LogP contribution in [0.15, 0.2) is 18.5 Å². The molecule has 2 heterocycles. The van der Waals surface area contributed by atoms with E-state index in [2.05, 4.69) is 15.0 Å². The fourth-order valence-electron chi connectivity index (χ4n) is 1.88. The summed E-state index contributed by atoms with van der Waals surface area (Å²) in [7, 11) is 1.71. The van der Waals surface area contributed by atoms with E-state index < -0.39 is 5.92 Å². The van der Waals surface area contributed by atoms with E-state index in [4.69, 9.17) is 0 Å². The van der Waals surface area contributed by atoms with Crippen molar-refractivity contribution in [1.82, 2.24) is 19.5 Å². The van der Waals surface area contributed by atoms with Gasteiger partial charge in [-0.25, -0.2) is 15.0 Å². The second-order valence-corrected chi connectivity index (χ2v) is 4.27. The zero-order valence-corrected chi connectivity index (χ0v) is 11.0. The average Bonchev–Trinajstić information content (AvgIpc) is 2.75. The summed E-state index contributed by atoms with van der Waals surface area (Å²) in [4.78, 5) is 24.6. The molecule has 19 heavy (non-hydrogen) atoms. The van der Waals surface area contributed by atoms with Crippen LogP contribution >= 0.6 is 0 Å². The van der Waals surface area contributed by atoms with Gasteiger partial charge in [0.05, 0.1) is 11.8 Å². The SMILES string of the molecule is Cc1cc([C@H](C#N)C(=O)c2nccn2C)nc(C)n1. The fraction of sp³-hybridized carbons (Fsp3) is 0.308. The Morgan fingerprint density at radius 3 is 2.68 bits per heavy atom. The lowest BCUT2D eigenvalue weighted by Crippen LogP contribution is -2.17. The number of imidazole rings is 1. The molecule has 2 aromatic rings. The monoisotopic (exact) mass is 255 g/mol. The number of hydrogen-bond donors (Lipinski definition) is 0. The van der Waals surface area contributed by atoms with E-state index in [1.54, 1.807) is 37.7 Å². The molecule has 0 amide bonds. The molecule has 0 saturated heterocycles. The van der Waals surface area contributed by atoms with E-state index in [9.17, 15) is 10.1 Å². The van der Waals surface area contributed by atoms with Crippen LogP contribution in [-0.4, -0.2) is 25.3 Å². The van der Waals surface area contributed by atoms with Crippen molar-refractivity contribution in [2.75, 3.05) is 0 Å². The number of nitriles is 1. The summed E-state index contributed by atoms with van der Waals surface area (Å²) in [5.74, 6) is -0.516. The van der Waals surface area contributed by atoms with Gasteiger partial charge in [0.15, 0.2) is 11.7 Å². The average molecular weight is 255 g/mol. The number of aromatic nitrogens is 4. The standard InChI is InChI=1S/C13H13N5O/c1-8-6-11(17-9(2)16-8)10(7-14)12(19)13-15-4-5-18(13)3/h4-6,10H,1-3H3/t10-/m0/s1. The van der Waals surface area contributed by atoms with Gasteiger partial charge in [0.1, 0.15) is 5.82 Å². The summed E-state index contributed by atoms with van der Waals surface area (Å²) in [5, 5.41) is 9.25. The van der Waals surface area contributed by atoms with Crippen molar-refractivity contribution in [3.8, 4) is 6.07 Å². The van der Waals surface area contributed by atoms with Crippen LogP contribution in [0.2, 0.25) is 0 Å². The van der Waals surface area contributed by atoms with Crippen molar-refractivity contribution in [1.29, 1.82) is 5.26 Å². The molecule has 0 radical (unpaired) electrons. The van der Waals surface area contributed by atoms with Gasteiger partial charge in [-0.15, -0.1) is 0 Å². The minimum absolute atomic E-state index is 0.250. The summed E-state index contributed by atoms with van der Waals surface area (Å²) in [5.41, 5.74) is 1.15. The van der Waals surface area contributed by atoms with Crippen LogP contribution in [0.1, 0.15) is 33.7 Å². The lowest BCUT2D eigenvalue weighted by atomic mass is 10.0. The lowest BCUT2D eigenvalue weighted by Gasteiger charge is -2.09. The Hall–Kier alpha value is -2.55. The predicted octanol–water partition coefficient (Wildman–Crippen LogP) is 1.32. The number of carbonyl (C=O) groups is 1. The number of Topliss-reactive ketones (excluding diaryl/α,β-unsaturated/α-hetero) is 1. The van der Waals surface area contributed by atoms with Gasteiger partial charge in [0.25, 0.3) is 0 Å². The van der Waals surface area contributed by atoms with Crippen molar-refractivity contribution < 1.29 is 4.79 Å². The van der Waals surface area contributed by atoms with E-state index in [-0.39, 0.29) is 11.6 Å². The van der Waals surface area contributed by atoms with Crippen LogP contribution in [-0.2, 0) is 7.05 Å². The molecule has 6 heteroatoms. The number of carbonyl (C=O) groups excluding carboxylic acids is 1. The Morgan fingerprint density at radius 1 is 1.42 bits per heavy atom. The first-order valence-corrected chi connectivity index (χ1v) is 5.76. The Morgan fingerprint density at radius 2 is 2.16 bits per heavy atom. The van der Waals surface area contributed by atoms with Crippen LogP contribution in [0.25, 0.3) is 0 Å². The van der Waals surface area contributed by atoms with Crippen molar-refractivity contribution in [2.24, 2.45) is 7.05 Å².